The summed E-state index contributed by atoms with van der Waals surface area (Å²) >= 11 is 3.74. The first kappa shape index (κ1) is 17.7. The predicted octanol–water partition coefficient (Wildman–Crippen LogP) is 6.01. The van der Waals surface area contributed by atoms with Crippen LogP contribution in [0, 0.1) is 12.8 Å². The van der Waals surface area contributed by atoms with E-state index in [0.29, 0.717) is 6.04 Å². The number of halogens is 1. The van der Waals surface area contributed by atoms with Crippen LogP contribution in [-0.4, -0.2) is 6.54 Å². The number of aryl methyl sites for hydroxylation is 1. The second kappa shape index (κ2) is 9.57. The molecule has 1 N–H and O–H groups in total. The average Bonchev–Trinajstić information content (AvgIpc) is 2.42. The molecule has 0 aliphatic heterocycles. The lowest BCUT2D eigenvalue weighted by Crippen LogP contribution is -2.24. The zero-order valence-electron chi connectivity index (χ0n) is 13.5. The Morgan fingerprint density at radius 1 is 1.20 bits per heavy atom. The van der Waals surface area contributed by atoms with Crippen molar-refractivity contribution >= 4 is 15.9 Å². The van der Waals surface area contributed by atoms with Gasteiger partial charge in [0.1, 0.15) is 0 Å². The molecule has 1 aromatic rings. The zero-order chi connectivity index (χ0) is 15.0. The lowest BCUT2D eigenvalue weighted by Gasteiger charge is -2.25. The number of hydrogen-bond acceptors (Lipinski definition) is 1. The molecule has 0 amide bonds. The van der Waals surface area contributed by atoms with E-state index in [-0.39, 0.29) is 0 Å². The molecule has 1 aromatic carbocycles. The van der Waals surface area contributed by atoms with Crippen molar-refractivity contribution < 1.29 is 0 Å². The fourth-order valence-corrected chi connectivity index (χ4v) is 3.57. The Kier molecular flexibility index (Phi) is 8.47. The predicted molar refractivity (Wildman–Crippen MR) is 93.2 cm³/mol. The summed E-state index contributed by atoms with van der Waals surface area (Å²) in [4.78, 5) is 0. The molecule has 2 unspecified atom stereocenters. The topological polar surface area (TPSA) is 12.0 Å². The second-order valence-corrected chi connectivity index (χ2v) is 6.64. The van der Waals surface area contributed by atoms with E-state index in [1.54, 1.807) is 0 Å². The van der Waals surface area contributed by atoms with Gasteiger partial charge in [-0.2, -0.15) is 0 Å². The first-order valence-electron chi connectivity index (χ1n) is 8.11. The molecule has 0 heterocycles. The molecule has 1 rings (SSSR count). The van der Waals surface area contributed by atoms with Crippen LogP contribution >= 0.6 is 15.9 Å². The summed E-state index contributed by atoms with van der Waals surface area (Å²) < 4.78 is 1.24. The van der Waals surface area contributed by atoms with Gasteiger partial charge in [-0.05, 0) is 43.0 Å². The van der Waals surface area contributed by atoms with E-state index in [9.17, 15) is 0 Å². The maximum absolute atomic E-state index is 3.74. The van der Waals surface area contributed by atoms with E-state index in [0.717, 1.165) is 12.5 Å². The molecule has 0 bridgehead atoms. The molecule has 2 atom stereocenters. The standard InChI is InChI=1S/C18H30BrN/c1-5-8-9-15(6-2)13-18(20-7-3)16-11-10-14(4)12-17(16)19/h10-12,15,18,20H,5-9,13H2,1-4H3. The molecule has 0 spiro atoms. The Bertz CT molecular complexity index is 389. The minimum atomic E-state index is 0.469. The van der Waals surface area contributed by atoms with E-state index >= 15 is 0 Å². The van der Waals surface area contributed by atoms with E-state index < -0.39 is 0 Å². The highest BCUT2D eigenvalue weighted by molar-refractivity contribution is 9.10. The van der Waals surface area contributed by atoms with Gasteiger partial charge in [0.05, 0.1) is 0 Å². The van der Waals surface area contributed by atoms with Crippen LogP contribution in [0.15, 0.2) is 22.7 Å². The summed E-state index contributed by atoms with van der Waals surface area (Å²) in [6.07, 6.45) is 6.54. The van der Waals surface area contributed by atoms with Crippen LogP contribution in [0.5, 0.6) is 0 Å². The minimum Gasteiger partial charge on any atom is -0.310 e. The third kappa shape index (κ3) is 5.57. The zero-order valence-corrected chi connectivity index (χ0v) is 15.1. The summed E-state index contributed by atoms with van der Waals surface area (Å²) in [5, 5.41) is 3.67. The van der Waals surface area contributed by atoms with Crippen molar-refractivity contribution in [3.63, 3.8) is 0 Å². The molecule has 0 saturated carbocycles. The SMILES string of the molecule is CCCCC(CC)CC(NCC)c1ccc(C)cc1Br. The molecule has 20 heavy (non-hydrogen) atoms. The molecular formula is C18H30BrN. The van der Waals surface area contributed by atoms with E-state index in [1.807, 2.05) is 0 Å². The summed E-state index contributed by atoms with van der Waals surface area (Å²) in [6.45, 7) is 9.97. The monoisotopic (exact) mass is 339 g/mol. The van der Waals surface area contributed by atoms with E-state index in [1.165, 1.54) is 47.7 Å². The normalized spacial score (nSPS) is 14.2. The molecule has 2 heteroatoms. The first-order chi connectivity index (χ1) is 9.62. The fraction of sp³-hybridized carbons (Fsp3) is 0.667. The number of benzene rings is 1. The van der Waals surface area contributed by atoms with Crippen molar-refractivity contribution in [2.24, 2.45) is 5.92 Å². The van der Waals surface area contributed by atoms with Gasteiger partial charge in [0.25, 0.3) is 0 Å². The largest absolute Gasteiger partial charge is 0.310 e. The maximum atomic E-state index is 3.74. The van der Waals surface area contributed by atoms with Crippen LogP contribution in [0.2, 0.25) is 0 Å². The van der Waals surface area contributed by atoms with Crippen molar-refractivity contribution in [2.75, 3.05) is 6.54 Å². The molecule has 0 aliphatic carbocycles. The highest BCUT2D eigenvalue weighted by Crippen LogP contribution is 2.31. The summed E-state index contributed by atoms with van der Waals surface area (Å²) in [6, 6.07) is 7.19. The molecule has 114 valence electrons. The lowest BCUT2D eigenvalue weighted by molar-refractivity contribution is 0.356. The average molecular weight is 340 g/mol. The minimum absolute atomic E-state index is 0.469. The van der Waals surface area contributed by atoms with Crippen LogP contribution in [-0.2, 0) is 0 Å². The van der Waals surface area contributed by atoms with Crippen molar-refractivity contribution in [3.8, 4) is 0 Å². The summed E-state index contributed by atoms with van der Waals surface area (Å²) in [5.41, 5.74) is 2.72. The van der Waals surface area contributed by atoms with Gasteiger partial charge in [-0.1, -0.05) is 74.5 Å². The molecule has 0 radical (unpaired) electrons. The number of hydrogen-bond donors (Lipinski definition) is 1. The van der Waals surface area contributed by atoms with E-state index in [2.05, 4.69) is 67.1 Å². The lowest BCUT2D eigenvalue weighted by atomic mass is 9.89. The third-order valence-corrected chi connectivity index (χ3v) is 4.78. The first-order valence-corrected chi connectivity index (χ1v) is 8.91. The number of unbranched alkanes of at least 4 members (excludes halogenated alkanes) is 1. The number of nitrogens with one attached hydrogen (secondary N) is 1. The van der Waals surface area contributed by atoms with Gasteiger partial charge in [-0.15, -0.1) is 0 Å². The summed E-state index contributed by atoms with van der Waals surface area (Å²) in [7, 11) is 0. The quantitative estimate of drug-likeness (QED) is 0.580. The van der Waals surface area contributed by atoms with Crippen molar-refractivity contribution in [3.05, 3.63) is 33.8 Å². The Balaban J connectivity index is 2.81. The Morgan fingerprint density at radius 2 is 1.95 bits per heavy atom. The highest BCUT2D eigenvalue weighted by Gasteiger charge is 2.18. The van der Waals surface area contributed by atoms with Crippen LogP contribution in [0.25, 0.3) is 0 Å². The molecule has 1 nitrogen and oxygen atoms in total. The molecule has 0 fully saturated rings. The van der Waals surface area contributed by atoms with Gasteiger partial charge in [-0.3, -0.25) is 0 Å². The summed E-state index contributed by atoms with van der Waals surface area (Å²) in [5.74, 6) is 0.826. The smallest absolute Gasteiger partial charge is 0.0333 e. The third-order valence-electron chi connectivity index (χ3n) is 4.09. The van der Waals surface area contributed by atoms with Gasteiger partial charge < -0.3 is 5.32 Å². The highest BCUT2D eigenvalue weighted by atomic mass is 79.9. The Hall–Kier alpha value is -0.340. The maximum Gasteiger partial charge on any atom is 0.0333 e. The van der Waals surface area contributed by atoms with Crippen molar-refractivity contribution in [2.45, 2.75) is 65.8 Å². The van der Waals surface area contributed by atoms with Crippen molar-refractivity contribution in [1.82, 2.24) is 5.32 Å². The van der Waals surface area contributed by atoms with Crippen LogP contribution in [0.3, 0.4) is 0 Å². The van der Waals surface area contributed by atoms with Gasteiger partial charge in [0, 0.05) is 10.5 Å². The van der Waals surface area contributed by atoms with Crippen LogP contribution in [0.1, 0.15) is 70.0 Å². The van der Waals surface area contributed by atoms with E-state index in [4.69, 9.17) is 0 Å². The van der Waals surface area contributed by atoms with Gasteiger partial charge >= 0.3 is 0 Å². The van der Waals surface area contributed by atoms with Crippen LogP contribution < -0.4 is 5.32 Å². The Labute approximate surface area is 133 Å². The fourth-order valence-electron chi connectivity index (χ4n) is 2.80. The van der Waals surface area contributed by atoms with Gasteiger partial charge in [-0.25, -0.2) is 0 Å². The molecule has 0 saturated heterocycles. The van der Waals surface area contributed by atoms with Gasteiger partial charge in [0.2, 0.25) is 0 Å². The Morgan fingerprint density at radius 3 is 2.50 bits per heavy atom. The molecule has 0 aliphatic rings. The molecular weight excluding hydrogens is 310 g/mol. The van der Waals surface area contributed by atoms with Gasteiger partial charge in [0.15, 0.2) is 0 Å². The van der Waals surface area contributed by atoms with Crippen molar-refractivity contribution in [1.29, 1.82) is 0 Å². The number of rotatable bonds is 9. The van der Waals surface area contributed by atoms with Crippen LogP contribution in [0.4, 0.5) is 0 Å². The second-order valence-electron chi connectivity index (χ2n) is 5.79. The molecule has 0 aromatic heterocycles.